The van der Waals surface area contributed by atoms with Crippen LogP contribution < -0.4 is 4.90 Å². The molecule has 0 spiro atoms. The summed E-state index contributed by atoms with van der Waals surface area (Å²) in [6, 6.07) is 17.4. The summed E-state index contributed by atoms with van der Waals surface area (Å²) in [6.45, 7) is 2.12. The van der Waals surface area contributed by atoms with Crippen LogP contribution in [0.15, 0.2) is 48.5 Å². The quantitative estimate of drug-likeness (QED) is 0.547. The van der Waals surface area contributed by atoms with E-state index in [0.717, 1.165) is 13.0 Å². The minimum absolute atomic E-state index is 0.141. The van der Waals surface area contributed by atoms with Gasteiger partial charge in [-0.05, 0) is 29.2 Å². The van der Waals surface area contributed by atoms with Gasteiger partial charge < -0.3 is 14.8 Å². The highest BCUT2D eigenvalue weighted by Gasteiger charge is 2.36. The molecule has 2 heterocycles. The molecular formula is C18H20N2O. The van der Waals surface area contributed by atoms with Crippen LogP contribution in [0.25, 0.3) is 0 Å². The normalized spacial score (nSPS) is 27.3. The standard InChI is InChI=1S/C18H20N2O/c1-20(21)11-10-19-17-9-5-3-7-15(17)12-14-6-2-4-8-16(14)18(19)13-20/h2-9,18H,10-13H2,1H3/t18-,20?/m0/s1. The number of benzene rings is 2. The number of hydrogen-bond acceptors (Lipinski definition) is 2. The van der Waals surface area contributed by atoms with Crippen molar-refractivity contribution in [2.24, 2.45) is 0 Å². The number of quaternary nitrogens is 1. The fraction of sp³-hybridized carbons (Fsp3) is 0.333. The van der Waals surface area contributed by atoms with Crippen LogP contribution in [-0.4, -0.2) is 31.3 Å². The van der Waals surface area contributed by atoms with Crippen molar-refractivity contribution >= 4 is 5.69 Å². The molecule has 2 aliphatic heterocycles. The zero-order valence-electron chi connectivity index (χ0n) is 12.3. The second-order valence-corrected chi connectivity index (χ2v) is 6.42. The van der Waals surface area contributed by atoms with Gasteiger partial charge >= 0.3 is 0 Å². The Morgan fingerprint density at radius 2 is 1.76 bits per heavy atom. The van der Waals surface area contributed by atoms with Crippen LogP contribution >= 0.6 is 0 Å². The fourth-order valence-electron chi connectivity index (χ4n) is 3.75. The molecule has 0 bridgehead atoms. The summed E-state index contributed by atoms with van der Waals surface area (Å²) < 4.78 is -0.141. The molecule has 1 fully saturated rings. The van der Waals surface area contributed by atoms with E-state index in [1.54, 1.807) is 7.05 Å². The van der Waals surface area contributed by atoms with Gasteiger partial charge in [-0.2, -0.15) is 0 Å². The zero-order valence-corrected chi connectivity index (χ0v) is 12.3. The fourth-order valence-corrected chi connectivity index (χ4v) is 3.75. The van der Waals surface area contributed by atoms with Gasteiger partial charge in [0.2, 0.25) is 0 Å². The van der Waals surface area contributed by atoms with Gasteiger partial charge in [-0.15, -0.1) is 0 Å². The molecule has 0 radical (unpaired) electrons. The van der Waals surface area contributed by atoms with Gasteiger partial charge in [0.05, 0.1) is 20.1 Å². The van der Waals surface area contributed by atoms with Crippen molar-refractivity contribution in [1.29, 1.82) is 0 Å². The monoisotopic (exact) mass is 280 g/mol. The first kappa shape index (κ1) is 12.9. The molecule has 0 saturated carbocycles. The summed E-state index contributed by atoms with van der Waals surface area (Å²) >= 11 is 0. The molecule has 2 aliphatic rings. The zero-order chi connectivity index (χ0) is 14.4. The first-order chi connectivity index (χ1) is 10.1. The lowest BCUT2D eigenvalue weighted by Gasteiger charge is -2.50. The topological polar surface area (TPSA) is 26.3 Å². The Hall–Kier alpha value is -1.84. The third kappa shape index (κ3) is 2.13. The van der Waals surface area contributed by atoms with Crippen molar-refractivity contribution in [3.8, 4) is 0 Å². The molecule has 3 nitrogen and oxygen atoms in total. The summed E-state index contributed by atoms with van der Waals surface area (Å²) in [4.78, 5) is 2.44. The van der Waals surface area contributed by atoms with E-state index in [1.165, 1.54) is 22.4 Å². The maximum absolute atomic E-state index is 12.5. The minimum Gasteiger partial charge on any atom is -0.633 e. The first-order valence-electron chi connectivity index (χ1n) is 7.62. The molecule has 0 N–H and O–H groups in total. The minimum atomic E-state index is -0.141. The van der Waals surface area contributed by atoms with Crippen molar-refractivity contribution in [1.82, 2.24) is 0 Å². The van der Waals surface area contributed by atoms with E-state index in [9.17, 15) is 5.21 Å². The molecule has 4 rings (SSSR count). The molecule has 21 heavy (non-hydrogen) atoms. The summed E-state index contributed by atoms with van der Waals surface area (Å²) in [7, 11) is 1.80. The Labute approximate surface area is 125 Å². The smallest absolute Gasteiger partial charge is 0.104 e. The van der Waals surface area contributed by atoms with Crippen LogP contribution in [0.3, 0.4) is 0 Å². The number of hydroxylamine groups is 3. The molecule has 1 saturated heterocycles. The lowest BCUT2D eigenvalue weighted by Crippen LogP contribution is -2.55. The highest BCUT2D eigenvalue weighted by Crippen LogP contribution is 2.39. The molecule has 1 unspecified atom stereocenters. The van der Waals surface area contributed by atoms with E-state index in [2.05, 4.69) is 53.4 Å². The van der Waals surface area contributed by atoms with Gasteiger partial charge in [0.1, 0.15) is 12.6 Å². The Balaban J connectivity index is 1.90. The van der Waals surface area contributed by atoms with Crippen molar-refractivity contribution in [2.75, 3.05) is 31.6 Å². The molecule has 0 amide bonds. The SMILES string of the molecule is C[N+]1([O-])CCN2c3ccccc3Cc3ccccc3[C@@H]2C1. The molecule has 3 heteroatoms. The van der Waals surface area contributed by atoms with Crippen LogP contribution in [0, 0.1) is 5.21 Å². The van der Waals surface area contributed by atoms with E-state index >= 15 is 0 Å². The lowest BCUT2D eigenvalue weighted by molar-refractivity contribution is -0.864. The molecule has 2 aromatic rings. The molecule has 2 aromatic carbocycles. The Bertz CT molecular complexity index is 680. The maximum atomic E-state index is 12.5. The second-order valence-electron chi connectivity index (χ2n) is 6.42. The van der Waals surface area contributed by atoms with Gasteiger partial charge in [-0.25, -0.2) is 0 Å². The average molecular weight is 280 g/mol. The number of hydrogen-bond donors (Lipinski definition) is 0. The summed E-state index contributed by atoms with van der Waals surface area (Å²) in [5.74, 6) is 0. The van der Waals surface area contributed by atoms with Crippen molar-refractivity contribution in [3.63, 3.8) is 0 Å². The molecule has 2 atom stereocenters. The molecule has 0 aliphatic carbocycles. The Morgan fingerprint density at radius 3 is 2.62 bits per heavy atom. The van der Waals surface area contributed by atoms with Gasteiger partial charge in [0.25, 0.3) is 0 Å². The second kappa shape index (κ2) is 4.58. The van der Waals surface area contributed by atoms with Crippen LogP contribution in [-0.2, 0) is 6.42 Å². The average Bonchev–Trinajstić information content (AvgIpc) is 2.60. The van der Waals surface area contributed by atoms with E-state index in [4.69, 9.17) is 0 Å². The van der Waals surface area contributed by atoms with Crippen molar-refractivity contribution < 1.29 is 4.65 Å². The Morgan fingerprint density at radius 1 is 1.05 bits per heavy atom. The number of fused-ring (bicyclic) bond motifs is 5. The van der Waals surface area contributed by atoms with Crippen LogP contribution in [0.4, 0.5) is 5.69 Å². The van der Waals surface area contributed by atoms with E-state index in [0.29, 0.717) is 13.1 Å². The van der Waals surface area contributed by atoms with E-state index in [-0.39, 0.29) is 10.7 Å². The lowest BCUT2D eigenvalue weighted by atomic mass is 9.96. The third-order valence-electron chi connectivity index (χ3n) is 4.85. The van der Waals surface area contributed by atoms with Gasteiger partial charge in [0, 0.05) is 5.69 Å². The van der Waals surface area contributed by atoms with Gasteiger partial charge in [-0.1, -0.05) is 42.5 Å². The first-order valence-corrected chi connectivity index (χ1v) is 7.62. The summed E-state index contributed by atoms with van der Waals surface area (Å²) in [5.41, 5.74) is 5.36. The predicted molar refractivity (Wildman–Crippen MR) is 85.1 cm³/mol. The Kier molecular flexibility index (Phi) is 2.81. The van der Waals surface area contributed by atoms with Crippen molar-refractivity contribution in [2.45, 2.75) is 12.5 Å². The van der Waals surface area contributed by atoms with Crippen molar-refractivity contribution in [3.05, 3.63) is 70.4 Å². The van der Waals surface area contributed by atoms with Gasteiger partial charge in [-0.3, -0.25) is 0 Å². The number of rotatable bonds is 0. The highest BCUT2D eigenvalue weighted by atomic mass is 16.5. The number of piperazine rings is 1. The summed E-state index contributed by atoms with van der Waals surface area (Å²) in [6.07, 6.45) is 0.960. The van der Waals surface area contributed by atoms with Crippen LogP contribution in [0.1, 0.15) is 22.7 Å². The predicted octanol–water partition coefficient (Wildman–Crippen LogP) is 3.10. The van der Waals surface area contributed by atoms with E-state index < -0.39 is 0 Å². The molecular weight excluding hydrogens is 260 g/mol. The highest BCUT2D eigenvalue weighted by molar-refractivity contribution is 5.60. The third-order valence-corrected chi connectivity index (χ3v) is 4.85. The van der Waals surface area contributed by atoms with Gasteiger partial charge in [0.15, 0.2) is 0 Å². The molecule has 0 aromatic heterocycles. The maximum Gasteiger partial charge on any atom is 0.104 e. The van der Waals surface area contributed by atoms with E-state index in [1.807, 2.05) is 0 Å². The van der Waals surface area contributed by atoms with Crippen LogP contribution in [0.2, 0.25) is 0 Å². The molecule has 108 valence electrons. The largest absolute Gasteiger partial charge is 0.633 e. The number of likely N-dealkylation sites (N-methyl/N-ethyl adjacent to an activating group) is 1. The summed E-state index contributed by atoms with van der Waals surface area (Å²) in [5, 5.41) is 12.5. The number of nitrogens with zero attached hydrogens (tertiary/aromatic N) is 2. The van der Waals surface area contributed by atoms with Crippen LogP contribution in [0.5, 0.6) is 0 Å². The number of para-hydroxylation sites is 1. The number of anilines is 1.